The van der Waals surface area contributed by atoms with Crippen molar-refractivity contribution in [3.05, 3.63) is 170 Å². The standard InChI is InChI=1S/C44H28NOP/c46-47(36-12-2-1-3-13-36)42-17-9-7-14-37(42)38-24-25-41-43(44(38)47)39-15-6-8-16-40(39)45(41)35-23-22-30-19-21-33(27-34(30)28-35)32-20-18-29-10-4-5-11-31(29)26-32/h1-28H. The van der Waals surface area contributed by atoms with Crippen molar-refractivity contribution in [1.29, 1.82) is 0 Å². The van der Waals surface area contributed by atoms with Crippen LogP contribution in [0.15, 0.2) is 170 Å². The molecule has 0 aliphatic carbocycles. The molecule has 2 heterocycles. The van der Waals surface area contributed by atoms with Crippen LogP contribution in [0.3, 0.4) is 0 Å². The van der Waals surface area contributed by atoms with Gasteiger partial charge in [-0.2, -0.15) is 0 Å². The summed E-state index contributed by atoms with van der Waals surface area (Å²) in [7, 11) is -3.14. The largest absolute Gasteiger partial charge is 0.309 e. The van der Waals surface area contributed by atoms with E-state index >= 15 is 4.57 Å². The van der Waals surface area contributed by atoms with Crippen molar-refractivity contribution in [3.8, 4) is 27.9 Å². The van der Waals surface area contributed by atoms with Gasteiger partial charge in [-0.05, 0) is 80.2 Å². The molecule has 0 N–H and O–H groups in total. The van der Waals surface area contributed by atoms with E-state index in [1.165, 1.54) is 32.7 Å². The minimum Gasteiger partial charge on any atom is -0.309 e. The van der Waals surface area contributed by atoms with Gasteiger partial charge < -0.3 is 9.13 Å². The van der Waals surface area contributed by atoms with Gasteiger partial charge in [0, 0.05) is 32.4 Å². The van der Waals surface area contributed by atoms with Crippen LogP contribution in [0, 0.1) is 0 Å². The maximum absolute atomic E-state index is 15.7. The van der Waals surface area contributed by atoms with Crippen LogP contribution in [-0.4, -0.2) is 4.57 Å². The summed E-state index contributed by atoms with van der Waals surface area (Å²) >= 11 is 0. The van der Waals surface area contributed by atoms with E-state index in [1.54, 1.807) is 0 Å². The number of aromatic nitrogens is 1. The zero-order valence-electron chi connectivity index (χ0n) is 25.5. The molecule has 0 radical (unpaired) electrons. The fourth-order valence-corrected chi connectivity index (χ4v) is 11.1. The van der Waals surface area contributed by atoms with Gasteiger partial charge in [-0.25, -0.2) is 0 Å². The normalized spacial score (nSPS) is 15.4. The first-order chi connectivity index (χ1) is 23.2. The Hall–Kier alpha value is -5.69. The van der Waals surface area contributed by atoms with Crippen molar-refractivity contribution >= 4 is 66.4 Å². The van der Waals surface area contributed by atoms with Crippen LogP contribution in [0.4, 0.5) is 0 Å². The van der Waals surface area contributed by atoms with Crippen LogP contribution in [0.25, 0.3) is 71.3 Å². The molecule has 8 aromatic carbocycles. The van der Waals surface area contributed by atoms with E-state index in [9.17, 15) is 0 Å². The van der Waals surface area contributed by atoms with Gasteiger partial charge >= 0.3 is 0 Å². The Morgan fingerprint density at radius 3 is 1.96 bits per heavy atom. The predicted octanol–water partition coefficient (Wildman–Crippen LogP) is 10.4. The molecule has 0 saturated heterocycles. The van der Waals surface area contributed by atoms with E-state index in [1.807, 2.05) is 36.4 Å². The Kier molecular flexibility index (Phi) is 5.59. The van der Waals surface area contributed by atoms with Crippen molar-refractivity contribution in [3.63, 3.8) is 0 Å². The van der Waals surface area contributed by atoms with Crippen LogP contribution in [0.2, 0.25) is 0 Å². The smallest absolute Gasteiger partial charge is 0.172 e. The van der Waals surface area contributed by atoms with Crippen molar-refractivity contribution in [1.82, 2.24) is 4.57 Å². The fraction of sp³-hybridized carbons (Fsp3) is 0. The number of fused-ring (bicyclic) bond motifs is 9. The Labute approximate surface area is 272 Å². The highest BCUT2D eigenvalue weighted by atomic mass is 31.2. The maximum atomic E-state index is 15.7. The number of hydrogen-bond acceptors (Lipinski definition) is 1. The van der Waals surface area contributed by atoms with E-state index < -0.39 is 7.14 Å². The zero-order valence-corrected chi connectivity index (χ0v) is 26.4. The highest BCUT2D eigenvalue weighted by molar-refractivity contribution is 7.86. The second-order valence-corrected chi connectivity index (χ2v) is 15.1. The highest BCUT2D eigenvalue weighted by Crippen LogP contribution is 2.55. The van der Waals surface area contributed by atoms with E-state index in [4.69, 9.17) is 0 Å². The topological polar surface area (TPSA) is 22.0 Å². The van der Waals surface area contributed by atoms with Gasteiger partial charge in [-0.3, -0.25) is 0 Å². The Balaban J connectivity index is 1.23. The fourth-order valence-electron chi connectivity index (χ4n) is 7.79. The van der Waals surface area contributed by atoms with Gasteiger partial charge in [0.25, 0.3) is 0 Å². The molecule has 0 fully saturated rings. The third kappa shape index (κ3) is 3.77. The summed E-state index contributed by atoms with van der Waals surface area (Å²) in [6, 6.07) is 59.9. The second kappa shape index (κ2) is 9.90. The third-order valence-corrected chi connectivity index (χ3v) is 13.1. The molecule has 47 heavy (non-hydrogen) atoms. The number of rotatable bonds is 3. The summed E-state index contributed by atoms with van der Waals surface area (Å²) in [6.07, 6.45) is 0. The third-order valence-electron chi connectivity index (χ3n) is 9.94. The first kappa shape index (κ1) is 26.5. The lowest BCUT2D eigenvalue weighted by molar-refractivity contribution is 0.593. The van der Waals surface area contributed by atoms with Crippen LogP contribution in [0.1, 0.15) is 0 Å². The summed E-state index contributed by atoms with van der Waals surface area (Å²) < 4.78 is 18.0. The van der Waals surface area contributed by atoms with E-state index in [-0.39, 0.29) is 0 Å². The van der Waals surface area contributed by atoms with Gasteiger partial charge in [0.15, 0.2) is 7.14 Å². The summed E-state index contributed by atoms with van der Waals surface area (Å²) in [5, 5.41) is 9.83. The van der Waals surface area contributed by atoms with Crippen molar-refractivity contribution in [2.24, 2.45) is 0 Å². The molecule has 0 spiro atoms. The first-order valence-corrected chi connectivity index (χ1v) is 17.7. The Morgan fingerprint density at radius 2 is 1.11 bits per heavy atom. The predicted molar refractivity (Wildman–Crippen MR) is 200 cm³/mol. The first-order valence-electron chi connectivity index (χ1n) is 16.0. The molecule has 3 heteroatoms. The van der Waals surface area contributed by atoms with Crippen LogP contribution >= 0.6 is 7.14 Å². The molecular formula is C44H28NOP. The molecule has 0 bridgehead atoms. The summed E-state index contributed by atoms with van der Waals surface area (Å²) in [5.74, 6) is 0. The molecule has 220 valence electrons. The average Bonchev–Trinajstić information content (AvgIpc) is 3.61. The summed E-state index contributed by atoms with van der Waals surface area (Å²) in [5.41, 5.74) is 7.81. The lowest BCUT2D eigenvalue weighted by Gasteiger charge is -2.17. The Morgan fingerprint density at radius 1 is 0.447 bits per heavy atom. The molecule has 1 aliphatic rings. The lowest BCUT2D eigenvalue weighted by atomic mass is 9.98. The van der Waals surface area contributed by atoms with Crippen molar-refractivity contribution in [2.75, 3.05) is 0 Å². The monoisotopic (exact) mass is 617 g/mol. The lowest BCUT2D eigenvalue weighted by Crippen LogP contribution is -2.21. The molecule has 10 rings (SSSR count). The van der Waals surface area contributed by atoms with E-state index in [0.29, 0.717) is 0 Å². The van der Waals surface area contributed by atoms with Gasteiger partial charge in [-0.15, -0.1) is 0 Å². The Bertz CT molecular complexity index is 2770. The molecule has 9 aromatic rings. The zero-order chi connectivity index (χ0) is 31.1. The van der Waals surface area contributed by atoms with Crippen molar-refractivity contribution in [2.45, 2.75) is 0 Å². The molecule has 0 saturated carbocycles. The number of para-hydroxylation sites is 1. The molecular weight excluding hydrogens is 589 g/mol. The minimum absolute atomic E-state index is 0.877. The van der Waals surface area contributed by atoms with E-state index in [0.717, 1.165) is 54.5 Å². The second-order valence-electron chi connectivity index (χ2n) is 12.5. The quantitative estimate of drug-likeness (QED) is 0.181. The number of benzene rings is 8. The summed E-state index contributed by atoms with van der Waals surface area (Å²) in [4.78, 5) is 0. The van der Waals surface area contributed by atoms with Gasteiger partial charge in [-0.1, -0.05) is 133 Å². The summed E-state index contributed by atoms with van der Waals surface area (Å²) in [6.45, 7) is 0. The average molecular weight is 618 g/mol. The van der Waals surface area contributed by atoms with Gasteiger partial charge in [0.2, 0.25) is 0 Å². The molecule has 1 unspecified atom stereocenters. The molecule has 1 aromatic heterocycles. The van der Waals surface area contributed by atoms with Crippen LogP contribution in [-0.2, 0) is 4.57 Å². The minimum atomic E-state index is -3.14. The van der Waals surface area contributed by atoms with Crippen molar-refractivity contribution < 1.29 is 4.57 Å². The van der Waals surface area contributed by atoms with E-state index in [2.05, 4.69) is 138 Å². The molecule has 1 aliphatic heterocycles. The van der Waals surface area contributed by atoms with Crippen LogP contribution in [0.5, 0.6) is 0 Å². The number of nitrogens with zero attached hydrogens (tertiary/aromatic N) is 1. The SMILES string of the molecule is O=P1(c2ccccc2)c2ccccc2-c2ccc3c(c21)c1ccccc1n3-c1ccc2ccc(-c3ccc4ccccc4c3)cc2c1. The van der Waals surface area contributed by atoms with Gasteiger partial charge in [0.1, 0.15) is 0 Å². The van der Waals surface area contributed by atoms with Gasteiger partial charge in [0.05, 0.1) is 11.0 Å². The highest BCUT2D eigenvalue weighted by Gasteiger charge is 2.42. The molecule has 2 nitrogen and oxygen atoms in total. The number of hydrogen-bond donors (Lipinski definition) is 0. The van der Waals surface area contributed by atoms with Crippen LogP contribution < -0.4 is 15.9 Å². The molecule has 0 amide bonds. The molecule has 1 atom stereocenters. The maximum Gasteiger partial charge on any atom is 0.172 e.